The number of pyridine rings is 1. The minimum Gasteiger partial charge on any atom is -0.465 e. The first kappa shape index (κ1) is 27.5. The Kier molecular flexibility index (Phi) is 8.36. The van der Waals surface area contributed by atoms with Gasteiger partial charge in [-0.2, -0.15) is 0 Å². The van der Waals surface area contributed by atoms with Gasteiger partial charge in [0.2, 0.25) is 5.91 Å². The quantitative estimate of drug-likeness (QED) is 0.230. The summed E-state index contributed by atoms with van der Waals surface area (Å²) in [4.78, 5) is 45.2. The summed E-state index contributed by atoms with van der Waals surface area (Å²) in [6.07, 6.45) is 2.38. The third kappa shape index (κ3) is 7.05. The molecular formula is C29H29N5O4S. The summed E-state index contributed by atoms with van der Waals surface area (Å²) < 4.78 is 0. The Morgan fingerprint density at radius 2 is 1.69 bits per heavy atom. The van der Waals surface area contributed by atoms with Crippen LogP contribution in [-0.2, 0) is 10.2 Å². The normalized spacial score (nSPS) is 11.9. The van der Waals surface area contributed by atoms with Crippen LogP contribution in [-0.4, -0.2) is 45.6 Å². The highest BCUT2D eigenvalue weighted by Gasteiger charge is 2.24. The molecule has 0 fully saturated rings. The number of anilines is 1. The lowest BCUT2D eigenvalue weighted by atomic mass is 9.84. The monoisotopic (exact) mass is 543 g/mol. The molecule has 4 rings (SSSR count). The predicted molar refractivity (Wildman–Crippen MR) is 152 cm³/mol. The molecule has 0 saturated carbocycles. The number of carbonyl (C=O) groups is 3. The Bertz CT molecular complexity index is 1490. The minimum atomic E-state index is -1.11. The van der Waals surface area contributed by atoms with Crippen LogP contribution in [0.2, 0.25) is 0 Å². The number of benzene rings is 2. The smallest absolute Gasteiger partial charge is 0.404 e. The number of carboxylic acid groups (broad SMARTS) is 1. The number of amides is 3. The summed E-state index contributed by atoms with van der Waals surface area (Å²) in [5, 5.41) is 19.1. The van der Waals surface area contributed by atoms with Gasteiger partial charge >= 0.3 is 6.09 Å². The zero-order valence-electron chi connectivity index (χ0n) is 21.8. The van der Waals surface area contributed by atoms with Crippen LogP contribution < -0.4 is 16.0 Å². The van der Waals surface area contributed by atoms with Gasteiger partial charge in [0.25, 0.3) is 5.91 Å². The zero-order chi connectivity index (χ0) is 28.0. The van der Waals surface area contributed by atoms with Crippen molar-refractivity contribution in [2.24, 2.45) is 0 Å². The number of hydrogen-bond donors (Lipinski definition) is 4. The van der Waals surface area contributed by atoms with Crippen LogP contribution in [0.15, 0.2) is 78.4 Å². The molecule has 4 aromatic rings. The van der Waals surface area contributed by atoms with Crippen LogP contribution in [0.1, 0.15) is 36.7 Å². The van der Waals surface area contributed by atoms with E-state index in [0.717, 1.165) is 27.9 Å². The highest BCUT2D eigenvalue weighted by atomic mass is 32.1. The minimum absolute atomic E-state index is 0.191. The van der Waals surface area contributed by atoms with E-state index < -0.39 is 29.4 Å². The molecule has 200 valence electrons. The number of nitrogens with zero attached hydrogens (tertiary/aromatic N) is 2. The van der Waals surface area contributed by atoms with Gasteiger partial charge in [0.15, 0.2) is 5.13 Å². The van der Waals surface area contributed by atoms with Crippen molar-refractivity contribution >= 4 is 34.4 Å². The molecule has 10 heteroatoms. The molecule has 2 aromatic carbocycles. The highest BCUT2D eigenvalue weighted by molar-refractivity contribution is 7.14. The average molecular weight is 544 g/mol. The van der Waals surface area contributed by atoms with Crippen LogP contribution in [0.5, 0.6) is 0 Å². The summed E-state index contributed by atoms with van der Waals surface area (Å²) in [5.74, 6) is -0.800. The second-order valence-corrected chi connectivity index (χ2v) is 10.5. The van der Waals surface area contributed by atoms with Gasteiger partial charge < -0.3 is 21.1 Å². The van der Waals surface area contributed by atoms with E-state index in [9.17, 15) is 14.4 Å². The van der Waals surface area contributed by atoms with Gasteiger partial charge in [-0.05, 0) is 53.9 Å². The summed E-state index contributed by atoms with van der Waals surface area (Å²) in [5.41, 5.74) is 4.38. The molecule has 0 radical (unpaired) electrons. The van der Waals surface area contributed by atoms with Gasteiger partial charge in [-0.25, -0.2) is 9.78 Å². The zero-order valence-corrected chi connectivity index (χ0v) is 22.6. The van der Waals surface area contributed by atoms with Crippen LogP contribution >= 0.6 is 11.3 Å². The van der Waals surface area contributed by atoms with E-state index in [1.807, 2.05) is 61.7 Å². The van der Waals surface area contributed by atoms with Gasteiger partial charge in [0, 0.05) is 40.9 Å². The topological polar surface area (TPSA) is 133 Å². The average Bonchev–Trinajstić information content (AvgIpc) is 3.41. The Labute approximate surface area is 230 Å². The second-order valence-electron chi connectivity index (χ2n) is 9.66. The van der Waals surface area contributed by atoms with Crippen molar-refractivity contribution in [3.63, 3.8) is 0 Å². The first-order valence-electron chi connectivity index (χ1n) is 12.3. The van der Waals surface area contributed by atoms with E-state index in [1.54, 1.807) is 37.5 Å². The van der Waals surface area contributed by atoms with E-state index in [2.05, 4.69) is 25.9 Å². The maximum absolute atomic E-state index is 12.9. The van der Waals surface area contributed by atoms with Gasteiger partial charge in [-0.1, -0.05) is 44.2 Å². The second kappa shape index (κ2) is 11.9. The van der Waals surface area contributed by atoms with Gasteiger partial charge in [0.05, 0.1) is 5.69 Å². The molecule has 0 bridgehead atoms. The van der Waals surface area contributed by atoms with Crippen molar-refractivity contribution < 1.29 is 19.5 Å². The first-order chi connectivity index (χ1) is 18.6. The van der Waals surface area contributed by atoms with Crippen LogP contribution in [0.3, 0.4) is 0 Å². The Morgan fingerprint density at radius 1 is 0.974 bits per heavy atom. The summed E-state index contributed by atoms with van der Waals surface area (Å²) in [6.45, 7) is 5.56. The fourth-order valence-electron chi connectivity index (χ4n) is 3.91. The third-order valence-electron chi connectivity index (χ3n) is 6.23. The lowest BCUT2D eigenvalue weighted by Gasteiger charge is -2.25. The Morgan fingerprint density at radius 3 is 2.44 bits per heavy atom. The molecule has 3 amide bonds. The maximum Gasteiger partial charge on any atom is 0.404 e. The maximum atomic E-state index is 12.9. The van der Waals surface area contributed by atoms with E-state index in [-0.39, 0.29) is 6.54 Å². The SMILES string of the molecule is CC(NC(=O)c1cccc(C(C)(C)CNC(=O)O)c1)C(=O)Nc1nc(-c2cccc(-c3ccncc3)c2)cs1. The van der Waals surface area contributed by atoms with Crippen molar-refractivity contribution in [3.05, 3.63) is 89.6 Å². The number of nitrogens with one attached hydrogen (secondary N) is 3. The lowest BCUT2D eigenvalue weighted by Crippen LogP contribution is -2.41. The molecule has 4 N–H and O–H groups in total. The molecule has 2 aromatic heterocycles. The number of thiazole rings is 1. The molecule has 0 spiro atoms. The molecule has 0 saturated heterocycles. The standard InChI is InChI=1S/C29H29N5O4S/c1-18(32-26(36)22-8-5-9-23(15-22)29(2,3)17-31-28(37)38)25(35)34-27-33-24(16-39-27)21-7-4-6-20(14-21)19-10-12-30-13-11-19/h4-16,18,31H,17H2,1-3H3,(H,32,36)(H,37,38)(H,33,34,35). The van der Waals surface area contributed by atoms with E-state index >= 15 is 0 Å². The van der Waals surface area contributed by atoms with Crippen molar-refractivity contribution in [3.8, 4) is 22.4 Å². The van der Waals surface area contributed by atoms with Gasteiger partial charge in [0.1, 0.15) is 6.04 Å². The number of aromatic nitrogens is 2. The van der Waals surface area contributed by atoms with Crippen LogP contribution in [0, 0.1) is 0 Å². The summed E-state index contributed by atoms with van der Waals surface area (Å²) >= 11 is 1.30. The van der Waals surface area contributed by atoms with Crippen molar-refractivity contribution in [2.45, 2.75) is 32.2 Å². The van der Waals surface area contributed by atoms with Gasteiger partial charge in [-0.15, -0.1) is 11.3 Å². The van der Waals surface area contributed by atoms with E-state index in [0.29, 0.717) is 10.7 Å². The molecule has 0 aliphatic rings. The molecule has 2 heterocycles. The molecule has 9 nitrogen and oxygen atoms in total. The largest absolute Gasteiger partial charge is 0.465 e. The van der Waals surface area contributed by atoms with Gasteiger partial charge in [-0.3, -0.25) is 14.6 Å². The molecule has 1 unspecified atom stereocenters. The summed E-state index contributed by atoms with van der Waals surface area (Å²) in [6, 6.07) is 18.0. The molecule has 39 heavy (non-hydrogen) atoms. The fraction of sp³-hybridized carbons (Fsp3) is 0.207. The van der Waals surface area contributed by atoms with Crippen molar-refractivity contribution in [1.82, 2.24) is 20.6 Å². The van der Waals surface area contributed by atoms with Crippen LogP contribution in [0.25, 0.3) is 22.4 Å². The molecule has 0 aliphatic heterocycles. The molecule has 1 atom stereocenters. The predicted octanol–water partition coefficient (Wildman–Crippen LogP) is 5.17. The number of hydrogen-bond acceptors (Lipinski definition) is 6. The Balaban J connectivity index is 1.38. The fourth-order valence-corrected chi connectivity index (χ4v) is 4.63. The summed E-state index contributed by atoms with van der Waals surface area (Å²) in [7, 11) is 0. The Hall–Kier alpha value is -4.57. The van der Waals surface area contributed by atoms with Crippen LogP contribution in [0.4, 0.5) is 9.93 Å². The van der Waals surface area contributed by atoms with E-state index in [1.165, 1.54) is 11.3 Å². The van der Waals surface area contributed by atoms with E-state index in [4.69, 9.17) is 5.11 Å². The number of carbonyl (C=O) groups excluding carboxylic acids is 2. The third-order valence-corrected chi connectivity index (χ3v) is 6.99. The number of rotatable bonds is 9. The van der Waals surface area contributed by atoms with Crippen molar-refractivity contribution in [1.29, 1.82) is 0 Å². The first-order valence-corrected chi connectivity index (χ1v) is 13.2. The molecular weight excluding hydrogens is 514 g/mol. The lowest BCUT2D eigenvalue weighted by molar-refractivity contribution is -0.117. The highest BCUT2D eigenvalue weighted by Crippen LogP contribution is 2.29. The molecule has 0 aliphatic carbocycles. The van der Waals surface area contributed by atoms with Crippen molar-refractivity contribution in [2.75, 3.05) is 11.9 Å².